The molecule has 0 spiro atoms. The number of furan rings is 1. The van der Waals surface area contributed by atoms with Gasteiger partial charge in [-0.1, -0.05) is 19.3 Å². The Morgan fingerprint density at radius 2 is 2.09 bits per heavy atom. The molecule has 2 heterocycles. The van der Waals surface area contributed by atoms with E-state index in [9.17, 15) is 14.9 Å². The maximum absolute atomic E-state index is 12.1. The van der Waals surface area contributed by atoms with Crippen molar-refractivity contribution in [3.05, 3.63) is 40.3 Å². The van der Waals surface area contributed by atoms with Crippen LogP contribution < -0.4 is 5.32 Å². The van der Waals surface area contributed by atoms with Crippen molar-refractivity contribution in [2.75, 3.05) is 5.32 Å². The van der Waals surface area contributed by atoms with E-state index in [1.807, 2.05) is 4.68 Å². The number of aromatic nitrogens is 2. The van der Waals surface area contributed by atoms with Crippen LogP contribution in [0.4, 0.5) is 11.7 Å². The first-order valence-corrected chi connectivity index (χ1v) is 7.24. The van der Waals surface area contributed by atoms with Gasteiger partial charge in [-0.05, 0) is 18.9 Å². The maximum atomic E-state index is 12.1. The first kappa shape index (κ1) is 14.3. The summed E-state index contributed by atoms with van der Waals surface area (Å²) in [6.45, 7) is 0. The number of nitrogens with one attached hydrogen (secondary N) is 1. The molecule has 0 unspecified atom stereocenters. The maximum Gasteiger partial charge on any atom is 0.433 e. The number of hydrogen-bond donors (Lipinski definition) is 1. The van der Waals surface area contributed by atoms with Gasteiger partial charge in [0, 0.05) is 6.07 Å². The molecule has 0 aliphatic heterocycles. The van der Waals surface area contributed by atoms with Gasteiger partial charge in [0.15, 0.2) is 5.76 Å². The second-order valence-electron chi connectivity index (χ2n) is 5.30. The zero-order valence-corrected chi connectivity index (χ0v) is 11.9. The van der Waals surface area contributed by atoms with Crippen LogP contribution in [-0.2, 0) is 0 Å². The average molecular weight is 304 g/mol. The minimum absolute atomic E-state index is 0.0944. The third kappa shape index (κ3) is 2.85. The van der Waals surface area contributed by atoms with Crippen molar-refractivity contribution in [2.45, 2.75) is 38.1 Å². The first-order valence-electron chi connectivity index (χ1n) is 7.24. The minimum atomic E-state index is -0.678. The molecule has 116 valence electrons. The highest BCUT2D eigenvalue weighted by atomic mass is 16.6. The number of nitrogens with zero attached hydrogens (tertiary/aromatic N) is 3. The van der Waals surface area contributed by atoms with Gasteiger partial charge in [0.2, 0.25) is 0 Å². The summed E-state index contributed by atoms with van der Waals surface area (Å²) in [7, 11) is 0. The number of carbonyl (C=O) groups excluding carboxylic acids is 1. The molecule has 1 aliphatic rings. The van der Waals surface area contributed by atoms with Crippen molar-refractivity contribution in [1.82, 2.24) is 9.78 Å². The van der Waals surface area contributed by atoms with E-state index in [-0.39, 0.29) is 11.8 Å². The molecule has 1 N–H and O–H groups in total. The lowest BCUT2D eigenvalue weighted by atomic mass is 9.96. The molecule has 22 heavy (non-hydrogen) atoms. The molecular formula is C14H16N4O4. The number of hydrogen-bond acceptors (Lipinski definition) is 5. The van der Waals surface area contributed by atoms with Crippen LogP contribution in [0.5, 0.6) is 0 Å². The molecule has 8 heteroatoms. The van der Waals surface area contributed by atoms with Crippen LogP contribution >= 0.6 is 0 Å². The predicted octanol–water partition coefficient (Wildman–Crippen LogP) is 3.14. The second-order valence-corrected chi connectivity index (χ2v) is 5.30. The molecule has 0 saturated heterocycles. The zero-order valence-electron chi connectivity index (χ0n) is 11.9. The zero-order chi connectivity index (χ0) is 15.5. The fourth-order valence-electron chi connectivity index (χ4n) is 2.76. The third-order valence-corrected chi connectivity index (χ3v) is 3.83. The Labute approximate surface area is 126 Å². The van der Waals surface area contributed by atoms with Gasteiger partial charge in [-0.2, -0.15) is 5.10 Å². The van der Waals surface area contributed by atoms with Gasteiger partial charge in [-0.25, -0.2) is 4.68 Å². The summed E-state index contributed by atoms with van der Waals surface area (Å²) in [4.78, 5) is 22.0. The molecule has 0 radical (unpaired) electrons. The predicted molar refractivity (Wildman–Crippen MR) is 77.7 cm³/mol. The smallest absolute Gasteiger partial charge is 0.395 e. The summed E-state index contributed by atoms with van der Waals surface area (Å²) >= 11 is 0. The Bertz CT molecular complexity index is 685. The van der Waals surface area contributed by atoms with Crippen molar-refractivity contribution in [3.63, 3.8) is 0 Å². The highest BCUT2D eigenvalue weighted by Gasteiger charge is 2.21. The van der Waals surface area contributed by atoms with E-state index in [2.05, 4.69) is 10.4 Å². The van der Waals surface area contributed by atoms with Gasteiger partial charge < -0.3 is 9.73 Å². The number of carbonyl (C=O) groups is 1. The Morgan fingerprint density at radius 1 is 1.32 bits per heavy atom. The summed E-state index contributed by atoms with van der Waals surface area (Å²) in [5.74, 6) is -0.490. The van der Waals surface area contributed by atoms with Crippen molar-refractivity contribution in [3.8, 4) is 0 Å². The van der Waals surface area contributed by atoms with Crippen LogP contribution in [0.3, 0.4) is 0 Å². The summed E-state index contributed by atoms with van der Waals surface area (Å²) < 4.78 is 6.71. The van der Waals surface area contributed by atoms with E-state index >= 15 is 0 Å². The quantitative estimate of drug-likeness (QED) is 0.690. The lowest BCUT2D eigenvalue weighted by Gasteiger charge is -2.23. The van der Waals surface area contributed by atoms with E-state index in [0.29, 0.717) is 5.82 Å². The van der Waals surface area contributed by atoms with Gasteiger partial charge in [0.05, 0.1) is 18.3 Å². The minimum Gasteiger partial charge on any atom is -0.395 e. The van der Waals surface area contributed by atoms with Crippen molar-refractivity contribution >= 4 is 17.6 Å². The third-order valence-electron chi connectivity index (χ3n) is 3.83. The monoisotopic (exact) mass is 304 g/mol. The van der Waals surface area contributed by atoms with Crippen LogP contribution in [0, 0.1) is 10.1 Å². The Hall–Kier alpha value is -2.64. The van der Waals surface area contributed by atoms with Gasteiger partial charge >= 0.3 is 5.88 Å². The van der Waals surface area contributed by atoms with E-state index in [1.165, 1.54) is 12.5 Å². The molecule has 1 amide bonds. The molecule has 0 bridgehead atoms. The summed E-state index contributed by atoms with van der Waals surface area (Å²) in [5.41, 5.74) is 0. The fraction of sp³-hybridized carbons (Fsp3) is 0.429. The van der Waals surface area contributed by atoms with Crippen LogP contribution in [0.15, 0.2) is 28.8 Å². The van der Waals surface area contributed by atoms with E-state index in [4.69, 9.17) is 4.42 Å². The molecule has 8 nitrogen and oxygen atoms in total. The van der Waals surface area contributed by atoms with Crippen LogP contribution in [-0.4, -0.2) is 20.6 Å². The SMILES string of the molecule is O=C(Nc1ccnn1C1CCCCC1)c1ccc([N+](=O)[O-])o1. The summed E-state index contributed by atoms with van der Waals surface area (Å²) in [5, 5.41) is 17.6. The lowest BCUT2D eigenvalue weighted by molar-refractivity contribution is -0.402. The second kappa shape index (κ2) is 6.00. The summed E-state index contributed by atoms with van der Waals surface area (Å²) in [6, 6.07) is 4.44. The number of amides is 1. The standard InChI is InChI=1S/C14H16N4O4/c19-14(11-6-7-13(22-11)18(20)21)16-12-8-9-15-17(12)10-4-2-1-3-5-10/h6-10H,1-5H2,(H,16,19). The normalized spacial score (nSPS) is 15.6. The fourth-order valence-corrected chi connectivity index (χ4v) is 2.76. The molecule has 2 aromatic rings. The number of anilines is 1. The van der Waals surface area contributed by atoms with E-state index < -0.39 is 16.7 Å². The highest BCUT2D eigenvalue weighted by Crippen LogP contribution is 2.30. The largest absolute Gasteiger partial charge is 0.433 e. The van der Waals surface area contributed by atoms with Crippen molar-refractivity contribution in [2.24, 2.45) is 0 Å². The molecular weight excluding hydrogens is 288 g/mol. The average Bonchev–Trinajstić information content (AvgIpc) is 3.17. The van der Waals surface area contributed by atoms with Crippen molar-refractivity contribution < 1.29 is 14.1 Å². The van der Waals surface area contributed by atoms with Crippen molar-refractivity contribution in [1.29, 1.82) is 0 Å². The molecule has 3 rings (SSSR count). The van der Waals surface area contributed by atoms with Gasteiger partial charge in [-0.15, -0.1) is 0 Å². The molecule has 1 saturated carbocycles. The Kier molecular flexibility index (Phi) is 3.90. The van der Waals surface area contributed by atoms with E-state index in [1.54, 1.807) is 12.3 Å². The van der Waals surface area contributed by atoms with Crippen LogP contribution in [0.1, 0.15) is 48.7 Å². The van der Waals surface area contributed by atoms with Gasteiger partial charge in [-0.3, -0.25) is 14.9 Å². The topological polar surface area (TPSA) is 103 Å². The first-order chi connectivity index (χ1) is 10.6. The molecule has 0 aromatic carbocycles. The molecule has 1 fully saturated rings. The molecule has 0 atom stereocenters. The van der Waals surface area contributed by atoms with Gasteiger partial charge in [0.25, 0.3) is 5.91 Å². The van der Waals surface area contributed by atoms with Crippen LogP contribution in [0.2, 0.25) is 0 Å². The molecule has 2 aromatic heterocycles. The highest BCUT2D eigenvalue weighted by molar-refractivity contribution is 6.01. The summed E-state index contributed by atoms with van der Waals surface area (Å²) in [6.07, 6.45) is 7.25. The van der Waals surface area contributed by atoms with E-state index in [0.717, 1.165) is 31.7 Å². The van der Waals surface area contributed by atoms with Gasteiger partial charge in [0.1, 0.15) is 10.7 Å². The number of nitro groups is 1. The molecule has 1 aliphatic carbocycles. The van der Waals surface area contributed by atoms with Crippen LogP contribution in [0.25, 0.3) is 0 Å². The Balaban J connectivity index is 1.73. The number of rotatable bonds is 4. The lowest BCUT2D eigenvalue weighted by Crippen LogP contribution is -2.20. The Morgan fingerprint density at radius 3 is 2.77 bits per heavy atom.